The van der Waals surface area contributed by atoms with Crippen LogP contribution in [0, 0.1) is 5.92 Å². The molecule has 2 rings (SSSR count). The van der Waals surface area contributed by atoms with Gasteiger partial charge >= 0.3 is 196 Å². The molecule has 2 aromatic heterocycles. The summed E-state index contributed by atoms with van der Waals surface area (Å²) in [7, 11) is 0. The van der Waals surface area contributed by atoms with Crippen molar-refractivity contribution in [2.45, 2.75) is 53.9 Å². The van der Waals surface area contributed by atoms with Crippen LogP contribution in [0.1, 0.15) is 53.9 Å². The van der Waals surface area contributed by atoms with E-state index < -0.39 is 0 Å². The van der Waals surface area contributed by atoms with Gasteiger partial charge in [-0.1, -0.05) is 12.7 Å². The molecule has 0 aromatic carbocycles. The van der Waals surface area contributed by atoms with Gasteiger partial charge in [-0.25, -0.2) is 0 Å². The van der Waals surface area contributed by atoms with Gasteiger partial charge < -0.3 is 0 Å². The van der Waals surface area contributed by atoms with Crippen molar-refractivity contribution in [2.24, 2.45) is 15.9 Å². The maximum absolute atomic E-state index is 5.96. The fourth-order valence-electron chi connectivity index (χ4n) is 3.20. The van der Waals surface area contributed by atoms with Crippen LogP contribution in [0.4, 0.5) is 11.9 Å². The van der Waals surface area contributed by atoms with Crippen LogP contribution in [-0.2, 0) is 0 Å². The van der Waals surface area contributed by atoms with E-state index in [-0.39, 0.29) is 12.0 Å². The molecule has 0 spiro atoms. The monoisotopic (exact) mass is 502 g/mol. The Morgan fingerprint density at radius 1 is 1.22 bits per heavy atom. The molecule has 0 aliphatic carbocycles. The standard InChI is InChI=1S/C27H39BN8O/c1-8-17-29-23(11-4)21(6)34-35-22(7)30-25-31-26(36(18-9-2)19-15-20(5)10-3)33-27(32-25)37-24-14-12-13-16-28-24/h8,11-14,16-17,20,34H,1,6,9-10,15,18-19H2,2-5,7H3,(H,30,31,32,33,35)/b23-11-,29-17?. The van der Waals surface area contributed by atoms with Gasteiger partial charge in [0, 0.05) is 6.21 Å². The summed E-state index contributed by atoms with van der Waals surface area (Å²) < 4.78 is 5.96. The van der Waals surface area contributed by atoms with Crippen LogP contribution in [0.2, 0.25) is 0 Å². The van der Waals surface area contributed by atoms with Crippen LogP contribution in [0.15, 0.2) is 70.8 Å². The topological polar surface area (TPSA) is 99.9 Å². The van der Waals surface area contributed by atoms with Gasteiger partial charge in [-0.3, -0.25) is 0 Å². The van der Waals surface area contributed by atoms with Crippen LogP contribution in [-0.4, -0.2) is 47.0 Å². The Morgan fingerprint density at radius 2 is 2.03 bits per heavy atom. The Balaban J connectivity index is 2.31. The van der Waals surface area contributed by atoms with Crippen molar-refractivity contribution < 1.29 is 4.74 Å². The first-order chi connectivity index (χ1) is 17.9. The van der Waals surface area contributed by atoms with Gasteiger partial charge in [0.1, 0.15) is 0 Å². The SMILES string of the molecule is C=CC=N/C(=C\C)C(=C)NN/C(C)=N/c1nc(Oc2bcccc2)nc(N(CCC)CCC(C)CC)n1. The average Bonchev–Trinajstić information content (AvgIpc) is 2.90. The Bertz CT molecular complexity index is 1100. The number of nitrogens with one attached hydrogen (secondary N) is 2. The molecule has 196 valence electrons. The van der Waals surface area contributed by atoms with Gasteiger partial charge in [-0.2, -0.15) is 0 Å². The zero-order valence-electron chi connectivity index (χ0n) is 22.7. The van der Waals surface area contributed by atoms with Gasteiger partial charge in [0.2, 0.25) is 0 Å². The van der Waals surface area contributed by atoms with Gasteiger partial charge in [0.25, 0.3) is 0 Å². The average molecular weight is 502 g/mol. The van der Waals surface area contributed by atoms with Crippen molar-refractivity contribution in [1.82, 2.24) is 25.8 Å². The van der Waals surface area contributed by atoms with Crippen LogP contribution in [0.3, 0.4) is 0 Å². The van der Waals surface area contributed by atoms with Crippen molar-refractivity contribution in [3.63, 3.8) is 0 Å². The van der Waals surface area contributed by atoms with Gasteiger partial charge in [0.15, 0.2) is 0 Å². The number of allylic oxidation sites excluding steroid dienone is 2. The second kappa shape index (κ2) is 16.0. The first-order valence-corrected chi connectivity index (χ1v) is 12.7. The zero-order valence-corrected chi connectivity index (χ0v) is 22.7. The van der Waals surface area contributed by atoms with E-state index in [4.69, 9.17) is 4.74 Å². The van der Waals surface area contributed by atoms with Gasteiger partial charge in [0.05, 0.1) is 0 Å². The first kappa shape index (κ1) is 29.4. The van der Waals surface area contributed by atoms with Crippen molar-refractivity contribution >= 4 is 30.9 Å². The Labute approximate surface area is 221 Å². The number of hydrogen-bond acceptors (Lipinski definition) is 8. The van der Waals surface area contributed by atoms with Crippen LogP contribution in [0.25, 0.3) is 0 Å². The van der Waals surface area contributed by atoms with E-state index >= 15 is 0 Å². The van der Waals surface area contributed by atoms with Crippen molar-refractivity contribution in [3.05, 3.63) is 60.9 Å². The summed E-state index contributed by atoms with van der Waals surface area (Å²) in [5, 5.41) is 0. The van der Waals surface area contributed by atoms with Crippen molar-refractivity contribution in [2.75, 3.05) is 18.0 Å². The molecule has 37 heavy (non-hydrogen) atoms. The van der Waals surface area contributed by atoms with E-state index in [9.17, 15) is 0 Å². The Hall–Kier alpha value is -3.82. The third kappa shape index (κ3) is 10.4. The minimum atomic E-state index is 0.194. The summed E-state index contributed by atoms with van der Waals surface area (Å²) in [6.07, 6.45) is 8.20. The summed E-state index contributed by atoms with van der Waals surface area (Å²) in [6.45, 7) is 21.5. The number of hydrogen-bond donors (Lipinski definition) is 2. The molecule has 10 heteroatoms. The molecule has 1 atom stereocenters. The molecule has 0 aliphatic rings. The zero-order chi connectivity index (χ0) is 27.0. The first-order valence-electron chi connectivity index (χ1n) is 12.7. The Kier molecular flexibility index (Phi) is 12.7. The molecule has 0 bridgehead atoms. The molecule has 2 N–H and O–H groups in total. The third-order valence-electron chi connectivity index (χ3n) is 5.47. The van der Waals surface area contributed by atoms with Gasteiger partial charge in [-0.05, 0) is 6.92 Å². The van der Waals surface area contributed by atoms with E-state index in [0.29, 0.717) is 34.7 Å². The van der Waals surface area contributed by atoms with Crippen LogP contribution < -0.4 is 20.5 Å². The maximum atomic E-state index is 5.96. The quantitative estimate of drug-likeness (QED) is 0.144. The summed E-state index contributed by atoms with van der Waals surface area (Å²) >= 11 is 0. The summed E-state index contributed by atoms with van der Waals surface area (Å²) in [4.78, 5) is 24.7. The van der Waals surface area contributed by atoms with E-state index in [1.165, 1.54) is 0 Å². The minimum absolute atomic E-state index is 0.194. The van der Waals surface area contributed by atoms with Crippen molar-refractivity contribution in [3.8, 4) is 11.7 Å². The molecule has 0 aliphatic heterocycles. The fraction of sp³-hybridized carbons (Fsp3) is 0.407. The number of aliphatic imine (C=N–C) groups is 2. The second-order valence-electron chi connectivity index (χ2n) is 8.54. The molecule has 1 unspecified atom stereocenters. The molecular formula is C27H39BN8O. The van der Waals surface area contributed by atoms with E-state index in [1.54, 1.807) is 19.2 Å². The number of rotatable bonds is 15. The molecule has 2 heterocycles. The molecular weight excluding hydrogens is 463 g/mol. The molecule has 0 saturated carbocycles. The van der Waals surface area contributed by atoms with E-state index in [2.05, 4.69) is 74.6 Å². The predicted molar refractivity (Wildman–Crippen MR) is 155 cm³/mol. The fourth-order valence-corrected chi connectivity index (χ4v) is 3.20. The molecule has 9 nitrogen and oxygen atoms in total. The molecule has 2 aromatic rings. The van der Waals surface area contributed by atoms with E-state index in [0.717, 1.165) is 32.4 Å². The van der Waals surface area contributed by atoms with Gasteiger partial charge in [-0.15, -0.1) is 0 Å². The third-order valence-corrected chi connectivity index (χ3v) is 5.47. The molecule has 0 radical (unpaired) electrons. The normalized spacial score (nSPS) is 12.7. The van der Waals surface area contributed by atoms with Crippen LogP contribution >= 0.6 is 0 Å². The summed E-state index contributed by atoms with van der Waals surface area (Å²) in [5.41, 5.74) is 7.93. The van der Waals surface area contributed by atoms with E-state index in [1.807, 2.05) is 44.1 Å². The predicted octanol–water partition coefficient (Wildman–Crippen LogP) is 5.47. The molecule has 0 fully saturated rings. The summed E-state index contributed by atoms with van der Waals surface area (Å²) in [5.74, 6) is 3.84. The number of aromatic nitrogens is 3. The summed E-state index contributed by atoms with van der Waals surface area (Å²) in [6, 6.07) is 5.88. The number of ether oxygens (including phenoxy) is 1. The number of nitrogens with zero attached hydrogens (tertiary/aromatic N) is 6. The molecule has 0 amide bonds. The number of anilines is 1. The number of hydrazine groups is 1. The Morgan fingerprint density at radius 3 is 2.68 bits per heavy atom. The molecule has 0 saturated heterocycles. The van der Waals surface area contributed by atoms with Crippen LogP contribution in [0.5, 0.6) is 11.7 Å². The second-order valence-corrected chi connectivity index (χ2v) is 8.54. The van der Waals surface area contributed by atoms with Crippen molar-refractivity contribution in [1.29, 1.82) is 0 Å². The number of amidine groups is 1.